The van der Waals surface area contributed by atoms with Gasteiger partial charge in [-0.3, -0.25) is 9.59 Å². The molecular formula is C12H15NO2S. The molecule has 0 aliphatic rings. The topological polar surface area (TPSA) is 46.2 Å². The van der Waals surface area contributed by atoms with E-state index in [1.165, 1.54) is 18.7 Å². The van der Waals surface area contributed by atoms with Gasteiger partial charge in [0, 0.05) is 12.5 Å². The van der Waals surface area contributed by atoms with E-state index in [1.807, 2.05) is 25.1 Å². The van der Waals surface area contributed by atoms with Crippen LogP contribution in [0.15, 0.2) is 30.3 Å². The third-order valence-corrected chi connectivity index (χ3v) is 2.96. The number of carbonyl (C=O) groups excluding carboxylic acids is 2. The second-order valence-electron chi connectivity index (χ2n) is 3.27. The van der Waals surface area contributed by atoms with Crippen molar-refractivity contribution >= 4 is 23.5 Å². The van der Waals surface area contributed by atoms with E-state index in [9.17, 15) is 9.59 Å². The van der Waals surface area contributed by atoms with Gasteiger partial charge in [0.15, 0.2) is 5.78 Å². The highest BCUT2D eigenvalue weighted by Crippen LogP contribution is 2.14. The van der Waals surface area contributed by atoms with Crippen LogP contribution in [-0.2, 0) is 4.79 Å². The Morgan fingerprint density at radius 2 is 1.94 bits per heavy atom. The van der Waals surface area contributed by atoms with E-state index in [2.05, 4.69) is 5.32 Å². The standard InChI is InChI=1S/C12H15NO2S/c1-3-16-12(13-9(2)14)11(15)10-7-5-4-6-8-10/h4-8,12H,3H2,1-2H3,(H,13,14). The molecule has 86 valence electrons. The Kier molecular flexibility index (Phi) is 5.05. The zero-order valence-corrected chi connectivity index (χ0v) is 10.2. The van der Waals surface area contributed by atoms with Gasteiger partial charge in [-0.2, -0.15) is 0 Å². The van der Waals surface area contributed by atoms with Gasteiger partial charge in [0.1, 0.15) is 5.37 Å². The highest BCUT2D eigenvalue weighted by Gasteiger charge is 2.20. The molecule has 0 saturated heterocycles. The lowest BCUT2D eigenvalue weighted by Crippen LogP contribution is -2.37. The fraction of sp³-hybridized carbons (Fsp3) is 0.333. The number of carbonyl (C=O) groups is 2. The maximum absolute atomic E-state index is 12.0. The molecule has 0 saturated carbocycles. The van der Waals surface area contributed by atoms with Gasteiger partial charge in [0.25, 0.3) is 0 Å². The molecule has 0 fully saturated rings. The SMILES string of the molecule is CCSC(NC(C)=O)C(=O)c1ccccc1. The summed E-state index contributed by atoms with van der Waals surface area (Å²) in [5.74, 6) is 0.543. The Morgan fingerprint density at radius 1 is 1.31 bits per heavy atom. The van der Waals surface area contributed by atoms with Crippen LogP contribution in [0.5, 0.6) is 0 Å². The first-order valence-electron chi connectivity index (χ1n) is 5.13. The molecule has 3 nitrogen and oxygen atoms in total. The van der Waals surface area contributed by atoms with Crippen LogP contribution in [0.2, 0.25) is 0 Å². The Labute approximate surface area is 99.6 Å². The van der Waals surface area contributed by atoms with E-state index in [-0.39, 0.29) is 11.7 Å². The van der Waals surface area contributed by atoms with Gasteiger partial charge in [-0.05, 0) is 5.75 Å². The number of Topliss-reactive ketones (excluding diaryl/α,β-unsaturated/α-hetero) is 1. The number of amides is 1. The van der Waals surface area contributed by atoms with E-state index in [0.29, 0.717) is 5.56 Å². The highest BCUT2D eigenvalue weighted by molar-refractivity contribution is 8.00. The van der Waals surface area contributed by atoms with Crippen LogP contribution in [0.1, 0.15) is 24.2 Å². The number of hydrogen-bond donors (Lipinski definition) is 1. The number of benzene rings is 1. The molecule has 0 aliphatic carbocycles. The molecular weight excluding hydrogens is 222 g/mol. The van der Waals surface area contributed by atoms with Crippen LogP contribution in [0, 0.1) is 0 Å². The number of ketones is 1. The summed E-state index contributed by atoms with van der Waals surface area (Å²) >= 11 is 1.43. The summed E-state index contributed by atoms with van der Waals surface area (Å²) in [4.78, 5) is 23.0. The molecule has 1 aromatic carbocycles. The Hall–Kier alpha value is -1.29. The minimum atomic E-state index is -0.482. The van der Waals surface area contributed by atoms with Crippen LogP contribution >= 0.6 is 11.8 Å². The molecule has 0 heterocycles. The van der Waals surface area contributed by atoms with Crippen molar-refractivity contribution in [3.8, 4) is 0 Å². The largest absolute Gasteiger partial charge is 0.338 e. The fourth-order valence-corrected chi connectivity index (χ4v) is 2.16. The summed E-state index contributed by atoms with van der Waals surface area (Å²) in [5.41, 5.74) is 0.627. The molecule has 0 spiro atoms. The quantitative estimate of drug-likeness (QED) is 0.630. The molecule has 1 amide bonds. The molecule has 1 rings (SSSR count). The first-order valence-corrected chi connectivity index (χ1v) is 6.18. The third-order valence-electron chi connectivity index (χ3n) is 1.96. The lowest BCUT2D eigenvalue weighted by molar-refractivity contribution is -0.118. The van der Waals surface area contributed by atoms with Crippen molar-refractivity contribution in [1.82, 2.24) is 5.32 Å². The van der Waals surface area contributed by atoms with Crippen molar-refractivity contribution in [2.24, 2.45) is 0 Å². The van der Waals surface area contributed by atoms with Crippen LogP contribution in [0.25, 0.3) is 0 Å². The summed E-state index contributed by atoms with van der Waals surface area (Å²) in [5, 5.41) is 2.17. The van der Waals surface area contributed by atoms with Crippen LogP contribution in [0.3, 0.4) is 0 Å². The monoisotopic (exact) mass is 237 g/mol. The molecule has 1 unspecified atom stereocenters. The van der Waals surface area contributed by atoms with Crippen molar-refractivity contribution in [2.45, 2.75) is 19.2 Å². The summed E-state index contributed by atoms with van der Waals surface area (Å²) < 4.78 is 0. The van der Waals surface area contributed by atoms with Gasteiger partial charge < -0.3 is 5.32 Å². The Balaban J connectivity index is 2.78. The van der Waals surface area contributed by atoms with E-state index in [0.717, 1.165) is 5.75 Å². The molecule has 0 aromatic heterocycles. The van der Waals surface area contributed by atoms with E-state index in [4.69, 9.17) is 0 Å². The minimum absolute atomic E-state index is 0.0531. The van der Waals surface area contributed by atoms with Crippen LogP contribution in [0.4, 0.5) is 0 Å². The molecule has 4 heteroatoms. The predicted octanol–water partition coefficient (Wildman–Crippen LogP) is 2.08. The third kappa shape index (κ3) is 3.70. The van der Waals surface area contributed by atoms with Crippen molar-refractivity contribution in [3.05, 3.63) is 35.9 Å². The van der Waals surface area contributed by atoms with Crippen LogP contribution in [-0.4, -0.2) is 22.8 Å². The number of hydrogen-bond acceptors (Lipinski definition) is 3. The first kappa shape index (κ1) is 12.8. The van der Waals surface area contributed by atoms with Crippen molar-refractivity contribution < 1.29 is 9.59 Å². The summed E-state index contributed by atoms with van der Waals surface area (Å²) in [6, 6.07) is 9.00. The molecule has 0 radical (unpaired) electrons. The van der Waals surface area contributed by atoms with Gasteiger partial charge in [0.05, 0.1) is 0 Å². The van der Waals surface area contributed by atoms with Crippen molar-refractivity contribution in [2.75, 3.05) is 5.75 Å². The van der Waals surface area contributed by atoms with E-state index >= 15 is 0 Å². The zero-order valence-electron chi connectivity index (χ0n) is 9.40. The second kappa shape index (κ2) is 6.33. The maximum atomic E-state index is 12.0. The normalized spacial score (nSPS) is 11.9. The molecule has 1 N–H and O–H groups in total. The Bertz CT molecular complexity index is 365. The fourth-order valence-electron chi connectivity index (χ4n) is 1.29. The number of thioether (sulfide) groups is 1. The van der Waals surface area contributed by atoms with Crippen LogP contribution < -0.4 is 5.32 Å². The second-order valence-corrected chi connectivity index (χ2v) is 4.65. The molecule has 0 aliphatic heterocycles. The first-order chi connectivity index (χ1) is 7.65. The highest BCUT2D eigenvalue weighted by atomic mass is 32.2. The van der Waals surface area contributed by atoms with Gasteiger partial charge in [-0.1, -0.05) is 37.3 Å². The van der Waals surface area contributed by atoms with Gasteiger partial charge in [-0.25, -0.2) is 0 Å². The lowest BCUT2D eigenvalue weighted by atomic mass is 10.1. The minimum Gasteiger partial charge on any atom is -0.338 e. The molecule has 1 atom stereocenters. The van der Waals surface area contributed by atoms with E-state index < -0.39 is 5.37 Å². The average Bonchev–Trinajstić information content (AvgIpc) is 2.28. The number of nitrogens with one attached hydrogen (secondary N) is 1. The lowest BCUT2D eigenvalue weighted by Gasteiger charge is -2.15. The van der Waals surface area contributed by atoms with E-state index in [1.54, 1.807) is 12.1 Å². The maximum Gasteiger partial charge on any atom is 0.218 e. The van der Waals surface area contributed by atoms with Gasteiger partial charge in [-0.15, -0.1) is 11.8 Å². The van der Waals surface area contributed by atoms with Crippen molar-refractivity contribution in [1.29, 1.82) is 0 Å². The van der Waals surface area contributed by atoms with Gasteiger partial charge >= 0.3 is 0 Å². The molecule has 0 bridgehead atoms. The summed E-state index contributed by atoms with van der Waals surface area (Å²) in [6.45, 7) is 3.37. The summed E-state index contributed by atoms with van der Waals surface area (Å²) in [7, 11) is 0. The molecule has 16 heavy (non-hydrogen) atoms. The average molecular weight is 237 g/mol. The predicted molar refractivity (Wildman–Crippen MR) is 66.5 cm³/mol. The van der Waals surface area contributed by atoms with Gasteiger partial charge in [0.2, 0.25) is 5.91 Å². The summed E-state index contributed by atoms with van der Waals surface area (Å²) in [6.07, 6.45) is 0. The molecule has 1 aromatic rings. The zero-order chi connectivity index (χ0) is 12.0. The Morgan fingerprint density at radius 3 is 2.44 bits per heavy atom. The number of rotatable bonds is 5. The smallest absolute Gasteiger partial charge is 0.218 e. The van der Waals surface area contributed by atoms with Crippen molar-refractivity contribution in [3.63, 3.8) is 0 Å².